The molecule has 5 aromatic rings. The van der Waals surface area contributed by atoms with Crippen LogP contribution < -0.4 is 30.8 Å². The molecule has 2 heterocycles. The van der Waals surface area contributed by atoms with Crippen molar-refractivity contribution in [3.63, 3.8) is 0 Å². The van der Waals surface area contributed by atoms with E-state index >= 15 is 0 Å². The second-order valence-electron chi connectivity index (χ2n) is 14.4. The summed E-state index contributed by atoms with van der Waals surface area (Å²) in [5, 5.41) is 0. The molecule has 0 unspecified atom stereocenters. The summed E-state index contributed by atoms with van der Waals surface area (Å²) in [5.74, 6) is 3.58. The lowest BCUT2D eigenvalue weighted by Gasteiger charge is -2.36. The summed E-state index contributed by atoms with van der Waals surface area (Å²) >= 11 is 0. The van der Waals surface area contributed by atoms with Gasteiger partial charge in [0.25, 0.3) is 6.71 Å². The third kappa shape index (κ3) is 4.68. The molecule has 2 aliphatic rings. The van der Waals surface area contributed by atoms with E-state index in [4.69, 9.17) is 9.47 Å². The first-order valence-electron chi connectivity index (χ1n) is 15.6. The molecule has 0 atom stereocenters. The lowest BCUT2D eigenvalue weighted by Crippen LogP contribution is -2.57. The number of hydrogen-bond acceptors (Lipinski definition) is 3. The molecule has 0 aliphatic carbocycles. The quantitative estimate of drug-likeness (QED) is 0.196. The van der Waals surface area contributed by atoms with Crippen molar-refractivity contribution in [2.45, 2.75) is 66.2 Å². The molecule has 0 saturated heterocycles. The van der Waals surface area contributed by atoms with Crippen LogP contribution in [0.1, 0.15) is 63.8 Å². The van der Waals surface area contributed by atoms with Gasteiger partial charge in [-0.3, -0.25) is 0 Å². The van der Waals surface area contributed by atoms with E-state index in [1.807, 2.05) is 0 Å². The van der Waals surface area contributed by atoms with Crippen LogP contribution in [0.4, 0.5) is 17.1 Å². The van der Waals surface area contributed by atoms with Gasteiger partial charge >= 0.3 is 0 Å². The van der Waals surface area contributed by atoms with E-state index in [1.54, 1.807) is 0 Å². The smallest absolute Gasteiger partial charge is 0.260 e. The van der Waals surface area contributed by atoms with Crippen molar-refractivity contribution in [2.24, 2.45) is 0 Å². The van der Waals surface area contributed by atoms with Crippen molar-refractivity contribution in [3.8, 4) is 23.0 Å². The van der Waals surface area contributed by atoms with Gasteiger partial charge in [-0.15, -0.1) is 0 Å². The third-order valence-corrected chi connectivity index (χ3v) is 9.15. The van der Waals surface area contributed by atoms with E-state index in [0.717, 1.165) is 56.6 Å². The minimum atomic E-state index is 0.0481. The first-order chi connectivity index (χ1) is 20.9. The Bertz CT molecular complexity index is 1760. The number of rotatable bonds is 3. The molecule has 0 spiro atoms. The summed E-state index contributed by atoms with van der Waals surface area (Å²) < 4.78 is 13.6. The Labute approximate surface area is 262 Å². The second-order valence-corrected chi connectivity index (χ2v) is 14.4. The van der Waals surface area contributed by atoms with Gasteiger partial charge in [-0.25, -0.2) is 0 Å². The summed E-state index contributed by atoms with van der Waals surface area (Å²) in [6.07, 6.45) is 0. The van der Waals surface area contributed by atoms with Crippen LogP contribution >= 0.6 is 0 Å². The van der Waals surface area contributed by atoms with Crippen molar-refractivity contribution in [1.29, 1.82) is 0 Å². The highest BCUT2D eigenvalue weighted by atomic mass is 16.5. The molecule has 7 rings (SSSR count). The van der Waals surface area contributed by atoms with Gasteiger partial charge in [0.05, 0.1) is 5.69 Å². The van der Waals surface area contributed by atoms with Gasteiger partial charge < -0.3 is 14.4 Å². The van der Waals surface area contributed by atoms with E-state index in [2.05, 4.69) is 157 Å². The van der Waals surface area contributed by atoms with Gasteiger partial charge in [0, 0.05) is 29.0 Å². The molecule has 0 radical (unpaired) electrons. The molecule has 0 bridgehead atoms. The molecule has 0 amide bonds. The van der Waals surface area contributed by atoms with Crippen LogP contribution in [0, 0.1) is 13.8 Å². The zero-order valence-electron chi connectivity index (χ0n) is 27.1. The molecule has 0 aromatic heterocycles. The molecule has 4 heteroatoms. The zero-order valence-corrected chi connectivity index (χ0v) is 27.1. The first-order valence-corrected chi connectivity index (χ1v) is 15.6. The zero-order chi connectivity index (χ0) is 31.0. The molecule has 220 valence electrons. The molecule has 0 N–H and O–H groups in total. The summed E-state index contributed by atoms with van der Waals surface area (Å²) in [6.45, 7) is 17.8. The Kier molecular flexibility index (Phi) is 6.48. The van der Waals surface area contributed by atoms with Crippen molar-refractivity contribution < 1.29 is 9.47 Å². The van der Waals surface area contributed by atoms with E-state index in [9.17, 15) is 0 Å². The third-order valence-electron chi connectivity index (χ3n) is 9.15. The molecule has 44 heavy (non-hydrogen) atoms. The highest BCUT2D eigenvalue weighted by Gasteiger charge is 2.41. The van der Waals surface area contributed by atoms with Gasteiger partial charge in [-0.1, -0.05) is 102 Å². The van der Waals surface area contributed by atoms with Gasteiger partial charge in [0.2, 0.25) is 0 Å². The number of nitrogens with zero attached hydrogens (tertiary/aromatic N) is 1. The summed E-state index contributed by atoms with van der Waals surface area (Å²) in [5.41, 5.74) is 11.7. The normalized spacial score (nSPS) is 13.3. The molecule has 2 aliphatic heterocycles. The number of hydrogen-bond donors (Lipinski definition) is 0. The summed E-state index contributed by atoms with van der Waals surface area (Å²) in [6, 6.07) is 35.2. The predicted octanol–water partition coefficient (Wildman–Crippen LogP) is 9.10. The van der Waals surface area contributed by atoms with E-state index in [-0.39, 0.29) is 17.5 Å². The maximum absolute atomic E-state index is 6.78. The van der Waals surface area contributed by atoms with Crippen molar-refractivity contribution in [3.05, 3.63) is 119 Å². The van der Waals surface area contributed by atoms with Crippen LogP contribution in [0.3, 0.4) is 0 Å². The number of aryl methyl sites for hydroxylation is 2. The minimum Gasteiger partial charge on any atom is -0.458 e. The van der Waals surface area contributed by atoms with Crippen LogP contribution in [0.15, 0.2) is 97.1 Å². The monoisotopic (exact) mass is 577 g/mol. The maximum atomic E-state index is 6.78. The molecule has 3 nitrogen and oxygen atoms in total. The van der Waals surface area contributed by atoms with Crippen molar-refractivity contribution in [2.75, 3.05) is 4.90 Å². The molecular weight excluding hydrogens is 537 g/mol. The number of anilines is 3. The molecule has 0 fully saturated rings. The van der Waals surface area contributed by atoms with Gasteiger partial charge in [0.1, 0.15) is 23.0 Å². The fraction of sp³-hybridized carbons (Fsp3) is 0.250. The number of para-hydroxylation sites is 2. The molecule has 0 saturated carbocycles. The number of fused-ring (bicyclic) bond motifs is 4. The minimum absolute atomic E-state index is 0.0481. The predicted molar refractivity (Wildman–Crippen MR) is 186 cm³/mol. The standard InChI is InChI=1S/C40H40BNO2/c1-25-11-9-13-32-37(25)43-34-23-31(24-35-36(34)41(32)33-14-10-12-26(2)38(33)44-35)42(29-19-15-27(16-20-29)39(3,4)5)30-21-17-28(18-22-30)40(6,7)8/h9-24H,1-8H3. The Morgan fingerprint density at radius 1 is 0.523 bits per heavy atom. The Hall–Kier alpha value is -4.44. The maximum Gasteiger partial charge on any atom is 0.260 e. The van der Waals surface area contributed by atoms with E-state index in [1.165, 1.54) is 22.1 Å². The average molecular weight is 578 g/mol. The first kappa shape index (κ1) is 28.3. The fourth-order valence-corrected chi connectivity index (χ4v) is 6.62. The number of ether oxygens (including phenoxy) is 2. The largest absolute Gasteiger partial charge is 0.458 e. The number of benzene rings is 5. The van der Waals surface area contributed by atoms with Crippen molar-refractivity contribution >= 4 is 40.2 Å². The highest BCUT2D eigenvalue weighted by molar-refractivity contribution is 6.98. The Balaban J connectivity index is 1.44. The van der Waals surface area contributed by atoms with Crippen molar-refractivity contribution in [1.82, 2.24) is 0 Å². The van der Waals surface area contributed by atoms with Gasteiger partial charge in [-0.2, -0.15) is 0 Å². The SMILES string of the molecule is Cc1cccc2c1Oc1cc(N(c3ccc(C(C)(C)C)cc3)c3ccc(C(C)(C)C)cc3)cc3c1B2c1cccc(C)c1O3. The van der Waals surface area contributed by atoms with Crippen LogP contribution in [-0.2, 0) is 10.8 Å². The second kappa shape index (κ2) is 10.1. The topological polar surface area (TPSA) is 21.7 Å². The average Bonchev–Trinajstić information content (AvgIpc) is 2.98. The van der Waals surface area contributed by atoms with E-state index < -0.39 is 0 Å². The van der Waals surface area contributed by atoms with Gasteiger partial charge in [-0.05, 0) is 82.1 Å². The van der Waals surface area contributed by atoms with Crippen LogP contribution in [0.25, 0.3) is 0 Å². The highest BCUT2D eigenvalue weighted by Crippen LogP contribution is 2.44. The van der Waals surface area contributed by atoms with Crippen LogP contribution in [0.2, 0.25) is 0 Å². The van der Waals surface area contributed by atoms with E-state index in [0.29, 0.717) is 0 Å². The fourth-order valence-electron chi connectivity index (χ4n) is 6.62. The summed E-state index contributed by atoms with van der Waals surface area (Å²) in [7, 11) is 0. The Morgan fingerprint density at radius 2 is 0.932 bits per heavy atom. The van der Waals surface area contributed by atoms with Gasteiger partial charge in [0.15, 0.2) is 0 Å². The van der Waals surface area contributed by atoms with Crippen LogP contribution in [-0.4, -0.2) is 6.71 Å². The Morgan fingerprint density at radius 3 is 1.32 bits per heavy atom. The lowest BCUT2D eigenvalue weighted by atomic mass is 9.34. The molecule has 5 aromatic carbocycles. The lowest BCUT2D eigenvalue weighted by molar-refractivity contribution is 0.461. The van der Waals surface area contributed by atoms with Crippen LogP contribution in [0.5, 0.6) is 23.0 Å². The molecular formula is C40H40BNO2. The summed E-state index contributed by atoms with van der Waals surface area (Å²) in [4.78, 5) is 2.32.